The molecule has 11 heteroatoms. The van der Waals surface area contributed by atoms with Crippen LogP contribution in [0, 0.1) is 6.92 Å². The fraction of sp³-hybridized carbons (Fsp3) is 0.200. The second kappa shape index (κ2) is 10.7. The van der Waals surface area contributed by atoms with Crippen LogP contribution in [-0.4, -0.2) is 18.9 Å². The minimum atomic E-state index is -4.69. The van der Waals surface area contributed by atoms with E-state index in [2.05, 4.69) is 10.6 Å². The van der Waals surface area contributed by atoms with E-state index in [0.717, 1.165) is 24.3 Å². The van der Waals surface area contributed by atoms with Crippen molar-refractivity contribution in [3.63, 3.8) is 0 Å². The normalized spacial score (nSPS) is 11.6. The van der Waals surface area contributed by atoms with Gasteiger partial charge in [0.25, 0.3) is 5.91 Å². The average molecular weight is 510 g/mol. The lowest BCUT2D eigenvalue weighted by Crippen LogP contribution is -2.16. The van der Waals surface area contributed by atoms with E-state index in [1.165, 1.54) is 24.3 Å². The van der Waals surface area contributed by atoms with Gasteiger partial charge in [0.1, 0.15) is 5.75 Å². The molecular weight excluding hydrogens is 490 g/mol. The Hall–Kier alpha value is -4.02. The predicted octanol–water partition coefficient (Wildman–Crippen LogP) is 6.47. The summed E-state index contributed by atoms with van der Waals surface area (Å²) < 4.78 is 84.1. The van der Waals surface area contributed by atoms with Gasteiger partial charge in [0, 0.05) is 17.7 Å². The van der Waals surface area contributed by atoms with Crippen LogP contribution in [0.5, 0.6) is 5.75 Å². The van der Waals surface area contributed by atoms with Crippen molar-refractivity contribution < 1.29 is 40.7 Å². The number of benzene rings is 3. The third-order valence-corrected chi connectivity index (χ3v) is 5.25. The Morgan fingerprint density at radius 1 is 0.889 bits per heavy atom. The maximum Gasteiger partial charge on any atom is 0.416 e. The standard InChI is InChI=1S/C25H20F6N2O3/c1-15-19(6-3-7-20(15)32-14-34)23(35)33-21-13-18(25(29,30)31)8-9-22(21)36-11-10-16-4-2-5-17(12-16)24(26,27)28/h2-9,12-14H,10-11H2,1H3,(H,32,34)(H,33,35). The van der Waals surface area contributed by atoms with Gasteiger partial charge in [0.2, 0.25) is 6.41 Å². The van der Waals surface area contributed by atoms with E-state index in [4.69, 9.17) is 4.74 Å². The molecule has 0 heterocycles. The van der Waals surface area contributed by atoms with Crippen LogP contribution in [-0.2, 0) is 23.6 Å². The van der Waals surface area contributed by atoms with Gasteiger partial charge in [0.15, 0.2) is 0 Å². The summed E-state index contributed by atoms with van der Waals surface area (Å²) in [5.74, 6) is -0.841. The number of nitrogens with one attached hydrogen (secondary N) is 2. The van der Waals surface area contributed by atoms with Gasteiger partial charge in [-0.05, 0) is 54.4 Å². The van der Waals surface area contributed by atoms with Crippen LogP contribution in [0.25, 0.3) is 0 Å². The fourth-order valence-corrected chi connectivity index (χ4v) is 3.40. The summed E-state index contributed by atoms with van der Waals surface area (Å²) in [5, 5.41) is 4.83. The Bertz CT molecular complexity index is 1260. The monoisotopic (exact) mass is 510 g/mol. The lowest BCUT2D eigenvalue weighted by Gasteiger charge is -2.17. The Morgan fingerprint density at radius 2 is 1.56 bits per heavy atom. The summed E-state index contributed by atoms with van der Waals surface area (Å²) in [6.45, 7) is 1.40. The van der Waals surface area contributed by atoms with Crippen LogP contribution in [0.2, 0.25) is 0 Å². The van der Waals surface area contributed by atoms with E-state index in [1.807, 2.05) is 0 Å². The van der Waals surface area contributed by atoms with E-state index in [1.54, 1.807) is 13.0 Å². The van der Waals surface area contributed by atoms with Crippen LogP contribution in [0.15, 0.2) is 60.7 Å². The van der Waals surface area contributed by atoms with Gasteiger partial charge >= 0.3 is 12.4 Å². The molecule has 3 aromatic rings. The number of rotatable bonds is 8. The molecular formula is C25H20F6N2O3. The summed E-state index contributed by atoms with van der Waals surface area (Å²) >= 11 is 0. The Labute approximate surface area is 202 Å². The zero-order valence-electron chi connectivity index (χ0n) is 18.8. The molecule has 3 aromatic carbocycles. The van der Waals surface area contributed by atoms with Gasteiger partial charge in [-0.2, -0.15) is 26.3 Å². The minimum Gasteiger partial charge on any atom is -0.491 e. The highest BCUT2D eigenvalue weighted by atomic mass is 19.4. The van der Waals surface area contributed by atoms with Crippen molar-refractivity contribution in [2.75, 3.05) is 17.2 Å². The minimum absolute atomic E-state index is 0.0385. The summed E-state index contributed by atoms with van der Waals surface area (Å²) in [5.41, 5.74) is -0.973. The maximum atomic E-state index is 13.3. The SMILES string of the molecule is Cc1c(NC=O)cccc1C(=O)Nc1cc(C(F)(F)F)ccc1OCCc1cccc(C(F)(F)F)c1. The number of halogens is 6. The summed E-state index contributed by atoms with van der Waals surface area (Å²) in [4.78, 5) is 23.6. The molecule has 0 aliphatic rings. The van der Waals surface area contributed by atoms with Gasteiger partial charge < -0.3 is 15.4 Å². The quantitative estimate of drug-likeness (QED) is 0.270. The number of carbonyl (C=O) groups is 2. The molecule has 0 fully saturated rings. The first kappa shape index (κ1) is 26.6. The van der Waals surface area contributed by atoms with Gasteiger partial charge in [-0.1, -0.05) is 24.3 Å². The number of amides is 2. The van der Waals surface area contributed by atoms with E-state index in [9.17, 15) is 35.9 Å². The van der Waals surface area contributed by atoms with E-state index >= 15 is 0 Å². The van der Waals surface area contributed by atoms with Crippen molar-refractivity contribution in [1.29, 1.82) is 0 Å². The number of ether oxygens (including phenoxy) is 1. The van der Waals surface area contributed by atoms with Crippen LogP contribution in [0.4, 0.5) is 37.7 Å². The molecule has 0 aliphatic heterocycles. The molecule has 0 atom stereocenters. The molecule has 0 spiro atoms. The Kier molecular flexibility index (Phi) is 7.91. The predicted molar refractivity (Wildman–Crippen MR) is 121 cm³/mol. The van der Waals surface area contributed by atoms with Crippen molar-refractivity contribution in [2.45, 2.75) is 25.7 Å². The van der Waals surface area contributed by atoms with Crippen molar-refractivity contribution in [1.82, 2.24) is 0 Å². The summed E-state index contributed by atoms with van der Waals surface area (Å²) in [6.07, 6.45) is -8.75. The zero-order valence-corrected chi connectivity index (χ0v) is 18.8. The summed E-state index contributed by atoms with van der Waals surface area (Å²) in [6, 6.07) is 11.6. The molecule has 0 saturated heterocycles. The molecule has 0 aromatic heterocycles. The Balaban J connectivity index is 1.83. The molecule has 0 bridgehead atoms. The first-order valence-corrected chi connectivity index (χ1v) is 10.5. The molecule has 3 rings (SSSR count). The van der Waals surface area contributed by atoms with E-state index in [0.29, 0.717) is 29.3 Å². The second-order valence-electron chi connectivity index (χ2n) is 7.70. The van der Waals surface area contributed by atoms with Crippen LogP contribution >= 0.6 is 0 Å². The molecule has 5 nitrogen and oxygen atoms in total. The van der Waals surface area contributed by atoms with Gasteiger partial charge in [0.05, 0.1) is 23.4 Å². The smallest absolute Gasteiger partial charge is 0.416 e. The molecule has 0 saturated carbocycles. The lowest BCUT2D eigenvalue weighted by molar-refractivity contribution is -0.138. The van der Waals surface area contributed by atoms with Crippen molar-refractivity contribution in [3.8, 4) is 5.75 Å². The van der Waals surface area contributed by atoms with Gasteiger partial charge in [-0.3, -0.25) is 9.59 Å². The first-order chi connectivity index (χ1) is 16.9. The van der Waals surface area contributed by atoms with Crippen molar-refractivity contribution in [2.24, 2.45) is 0 Å². The molecule has 36 heavy (non-hydrogen) atoms. The third kappa shape index (κ3) is 6.55. The topological polar surface area (TPSA) is 67.4 Å². The highest BCUT2D eigenvalue weighted by Crippen LogP contribution is 2.36. The number of hydrogen-bond donors (Lipinski definition) is 2. The van der Waals surface area contributed by atoms with E-state index in [-0.39, 0.29) is 30.0 Å². The van der Waals surface area contributed by atoms with E-state index < -0.39 is 29.4 Å². The van der Waals surface area contributed by atoms with Crippen molar-refractivity contribution in [3.05, 3.63) is 88.5 Å². The largest absolute Gasteiger partial charge is 0.491 e. The number of hydrogen-bond acceptors (Lipinski definition) is 3. The average Bonchev–Trinajstić information content (AvgIpc) is 2.80. The number of anilines is 2. The Morgan fingerprint density at radius 3 is 2.22 bits per heavy atom. The van der Waals surface area contributed by atoms with Gasteiger partial charge in [-0.25, -0.2) is 0 Å². The summed E-state index contributed by atoms with van der Waals surface area (Å²) in [7, 11) is 0. The fourth-order valence-electron chi connectivity index (χ4n) is 3.40. The molecule has 0 unspecified atom stereocenters. The first-order valence-electron chi connectivity index (χ1n) is 10.5. The van der Waals surface area contributed by atoms with Crippen LogP contribution in [0.1, 0.15) is 32.6 Å². The molecule has 0 aliphatic carbocycles. The van der Waals surface area contributed by atoms with Crippen LogP contribution in [0.3, 0.4) is 0 Å². The molecule has 2 N–H and O–H groups in total. The molecule has 190 valence electrons. The molecule has 2 amide bonds. The number of alkyl halides is 6. The second-order valence-corrected chi connectivity index (χ2v) is 7.70. The zero-order chi connectivity index (χ0) is 26.5. The third-order valence-electron chi connectivity index (χ3n) is 5.25. The van der Waals surface area contributed by atoms with Gasteiger partial charge in [-0.15, -0.1) is 0 Å². The molecule has 0 radical (unpaired) electrons. The highest BCUT2D eigenvalue weighted by molar-refractivity contribution is 6.07. The highest BCUT2D eigenvalue weighted by Gasteiger charge is 2.32. The van der Waals surface area contributed by atoms with Crippen LogP contribution < -0.4 is 15.4 Å². The number of carbonyl (C=O) groups excluding carboxylic acids is 2. The lowest BCUT2D eigenvalue weighted by atomic mass is 10.1. The maximum absolute atomic E-state index is 13.3. The van der Waals surface area contributed by atoms with Crippen molar-refractivity contribution >= 4 is 23.7 Å².